The zero-order chi connectivity index (χ0) is 12.3. The van der Waals surface area contributed by atoms with Crippen molar-refractivity contribution in [1.29, 1.82) is 0 Å². The summed E-state index contributed by atoms with van der Waals surface area (Å²) in [5.41, 5.74) is 0. The van der Waals surface area contributed by atoms with Gasteiger partial charge in [-0.25, -0.2) is 0 Å². The Morgan fingerprint density at radius 1 is 1.53 bits per heavy atom. The molecular formula is C12H16N2O2S. The zero-order valence-corrected chi connectivity index (χ0v) is 10.6. The standard InChI is InChI=1S/C12H16N2O2S/c1-2-10-12(16)14(6-5-11(15)13-10)8-9-4-3-7-17-9/h3-4,7,10H,2,5-6,8H2,1H3,(H,13,15). The van der Waals surface area contributed by atoms with Crippen LogP contribution in [-0.4, -0.2) is 29.3 Å². The van der Waals surface area contributed by atoms with E-state index in [1.54, 1.807) is 16.2 Å². The van der Waals surface area contributed by atoms with Crippen LogP contribution in [0.3, 0.4) is 0 Å². The van der Waals surface area contributed by atoms with Crippen LogP contribution in [0, 0.1) is 0 Å². The van der Waals surface area contributed by atoms with Crippen LogP contribution in [0.25, 0.3) is 0 Å². The van der Waals surface area contributed by atoms with E-state index < -0.39 is 0 Å². The minimum Gasteiger partial charge on any atom is -0.344 e. The Labute approximate surface area is 105 Å². The molecule has 1 unspecified atom stereocenters. The van der Waals surface area contributed by atoms with Gasteiger partial charge in [0.2, 0.25) is 11.8 Å². The van der Waals surface area contributed by atoms with E-state index in [1.807, 2.05) is 24.4 Å². The Balaban J connectivity index is 2.09. The van der Waals surface area contributed by atoms with Crippen LogP contribution in [0.1, 0.15) is 24.6 Å². The maximum absolute atomic E-state index is 12.2. The van der Waals surface area contributed by atoms with Crippen LogP contribution < -0.4 is 5.32 Å². The van der Waals surface area contributed by atoms with E-state index in [-0.39, 0.29) is 17.9 Å². The largest absolute Gasteiger partial charge is 0.344 e. The summed E-state index contributed by atoms with van der Waals surface area (Å²) in [6.07, 6.45) is 1.04. The molecule has 1 aromatic heterocycles. The first kappa shape index (κ1) is 12.1. The van der Waals surface area contributed by atoms with E-state index in [4.69, 9.17) is 0 Å². The van der Waals surface area contributed by atoms with Gasteiger partial charge in [-0.15, -0.1) is 11.3 Å². The molecule has 2 amide bonds. The third-order valence-corrected chi connectivity index (χ3v) is 3.75. The average Bonchev–Trinajstić information content (AvgIpc) is 2.78. The zero-order valence-electron chi connectivity index (χ0n) is 9.81. The number of hydrogen-bond acceptors (Lipinski definition) is 3. The molecule has 0 aromatic carbocycles. The van der Waals surface area contributed by atoms with Gasteiger partial charge in [-0.3, -0.25) is 9.59 Å². The monoisotopic (exact) mass is 252 g/mol. The topological polar surface area (TPSA) is 49.4 Å². The predicted octanol–water partition coefficient (Wildman–Crippen LogP) is 1.38. The molecular weight excluding hydrogens is 236 g/mol. The van der Waals surface area contributed by atoms with Crippen molar-refractivity contribution in [3.63, 3.8) is 0 Å². The van der Waals surface area contributed by atoms with Crippen molar-refractivity contribution in [3.05, 3.63) is 22.4 Å². The van der Waals surface area contributed by atoms with Crippen molar-refractivity contribution < 1.29 is 9.59 Å². The van der Waals surface area contributed by atoms with Gasteiger partial charge >= 0.3 is 0 Å². The van der Waals surface area contributed by atoms with Gasteiger partial charge in [0.1, 0.15) is 6.04 Å². The molecule has 2 rings (SSSR count). The highest BCUT2D eigenvalue weighted by atomic mass is 32.1. The number of amides is 2. The molecule has 5 heteroatoms. The van der Waals surface area contributed by atoms with Gasteiger partial charge in [-0.2, -0.15) is 0 Å². The first-order valence-corrected chi connectivity index (χ1v) is 6.69. The van der Waals surface area contributed by atoms with E-state index in [1.165, 1.54) is 0 Å². The fourth-order valence-corrected chi connectivity index (χ4v) is 2.64. The number of rotatable bonds is 3. The SMILES string of the molecule is CCC1NC(=O)CCN(Cc2cccs2)C1=O. The van der Waals surface area contributed by atoms with E-state index in [9.17, 15) is 9.59 Å². The highest BCUT2D eigenvalue weighted by Gasteiger charge is 2.28. The van der Waals surface area contributed by atoms with Crippen LogP contribution in [0.4, 0.5) is 0 Å². The molecule has 0 aliphatic carbocycles. The van der Waals surface area contributed by atoms with Crippen LogP contribution in [0.2, 0.25) is 0 Å². The van der Waals surface area contributed by atoms with Gasteiger partial charge in [-0.1, -0.05) is 13.0 Å². The molecule has 92 valence electrons. The second-order valence-corrected chi connectivity index (χ2v) is 5.15. The lowest BCUT2D eigenvalue weighted by molar-refractivity contribution is -0.134. The second-order valence-electron chi connectivity index (χ2n) is 4.12. The van der Waals surface area contributed by atoms with E-state index in [0.717, 1.165) is 4.88 Å². The molecule has 0 saturated carbocycles. The summed E-state index contributed by atoms with van der Waals surface area (Å²) in [5, 5.41) is 4.76. The van der Waals surface area contributed by atoms with Gasteiger partial charge < -0.3 is 10.2 Å². The molecule has 1 saturated heterocycles. The summed E-state index contributed by atoms with van der Waals surface area (Å²) >= 11 is 1.64. The maximum Gasteiger partial charge on any atom is 0.245 e. The van der Waals surface area contributed by atoms with Gasteiger partial charge in [0, 0.05) is 17.8 Å². The maximum atomic E-state index is 12.2. The van der Waals surface area contributed by atoms with Crippen molar-refractivity contribution in [1.82, 2.24) is 10.2 Å². The second kappa shape index (κ2) is 5.31. The van der Waals surface area contributed by atoms with Crippen LogP contribution in [0.5, 0.6) is 0 Å². The summed E-state index contributed by atoms with van der Waals surface area (Å²) in [6, 6.07) is 3.63. The number of nitrogens with one attached hydrogen (secondary N) is 1. The third kappa shape index (κ3) is 2.85. The number of carbonyl (C=O) groups excluding carboxylic acids is 2. The molecule has 1 atom stereocenters. The normalized spacial score (nSPS) is 21.2. The van der Waals surface area contributed by atoms with Crippen molar-refractivity contribution in [3.8, 4) is 0 Å². The Morgan fingerprint density at radius 2 is 2.35 bits per heavy atom. The van der Waals surface area contributed by atoms with Crippen molar-refractivity contribution in [2.45, 2.75) is 32.4 Å². The molecule has 0 bridgehead atoms. The number of nitrogens with zero attached hydrogens (tertiary/aromatic N) is 1. The Bertz CT molecular complexity index is 403. The molecule has 1 fully saturated rings. The first-order valence-electron chi connectivity index (χ1n) is 5.81. The number of carbonyl (C=O) groups is 2. The lowest BCUT2D eigenvalue weighted by Crippen LogP contribution is -2.43. The fourth-order valence-electron chi connectivity index (χ4n) is 1.92. The van der Waals surface area contributed by atoms with Gasteiger partial charge in [0.05, 0.1) is 6.54 Å². The molecule has 0 spiro atoms. The van der Waals surface area contributed by atoms with Crippen LogP contribution in [-0.2, 0) is 16.1 Å². The minimum atomic E-state index is -0.357. The minimum absolute atomic E-state index is 0.0288. The molecule has 0 radical (unpaired) electrons. The van der Waals surface area contributed by atoms with E-state index >= 15 is 0 Å². The summed E-state index contributed by atoms with van der Waals surface area (Å²) in [6.45, 7) is 3.04. The first-order chi connectivity index (χ1) is 8.20. The third-order valence-electron chi connectivity index (χ3n) is 2.89. The van der Waals surface area contributed by atoms with Crippen molar-refractivity contribution in [2.24, 2.45) is 0 Å². The van der Waals surface area contributed by atoms with Crippen molar-refractivity contribution >= 4 is 23.2 Å². The molecule has 2 heterocycles. The van der Waals surface area contributed by atoms with Crippen LogP contribution >= 0.6 is 11.3 Å². The Kier molecular flexibility index (Phi) is 3.78. The smallest absolute Gasteiger partial charge is 0.245 e. The summed E-state index contributed by atoms with van der Waals surface area (Å²) in [4.78, 5) is 26.6. The highest BCUT2D eigenvalue weighted by Crippen LogP contribution is 2.15. The van der Waals surface area contributed by atoms with E-state index in [2.05, 4.69) is 5.32 Å². The Morgan fingerprint density at radius 3 is 3.00 bits per heavy atom. The van der Waals surface area contributed by atoms with Crippen molar-refractivity contribution in [2.75, 3.05) is 6.54 Å². The predicted molar refractivity (Wildman–Crippen MR) is 66.6 cm³/mol. The molecule has 1 N–H and O–H groups in total. The average molecular weight is 252 g/mol. The van der Waals surface area contributed by atoms with Gasteiger partial charge in [0.25, 0.3) is 0 Å². The number of thiophene rings is 1. The van der Waals surface area contributed by atoms with Gasteiger partial charge in [-0.05, 0) is 17.9 Å². The highest BCUT2D eigenvalue weighted by molar-refractivity contribution is 7.09. The molecule has 17 heavy (non-hydrogen) atoms. The lowest BCUT2D eigenvalue weighted by atomic mass is 10.2. The van der Waals surface area contributed by atoms with E-state index in [0.29, 0.717) is 25.9 Å². The molecule has 4 nitrogen and oxygen atoms in total. The molecule has 1 aliphatic heterocycles. The van der Waals surface area contributed by atoms with Gasteiger partial charge in [0.15, 0.2) is 0 Å². The summed E-state index contributed by atoms with van der Waals surface area (Å²) in [5.74, 6) is 0.00521. The summed E-state index contributed by atoms with van der Waals surface area (Å²) in [7, 11) is 0. The van der Waals surface area contributed by atoms with Crippen LogP contribution in [0.15, 0.2) is 17.5 Å². The fraction of sp³-hybridized carbons (Fsp3) is 0.500. The number of hydrogen-bond donors (Lipinski definition) is 1. The quantitative estimate of drug-likeness (QED) is 0.883. The lowest BCUT2D eigenvalue weighted by Gasteiger charge is -2.22. The molecule has 1 aliphatic rings. The Hall–Kier alpha value is -1.36. The summed E-state index contributed by atoms with van der Waals surface area (Å²) < 4.78 is 0. The molecule has 1 aromatic rings.